The molecule has 8 heteroatoms. The van der Waals surface area contributed by atoms with E-state index in [0.29, 0.717) is 24.9 Å². The number of benzene rings is 1. The van der Waals surface area contributed by atoms with Crippen molar-refractivity contribution in [1.82, 2.24) is 19.4 Å². The van der Waals surface area contributed by atoms with Crippen molar-refractivity contribution in [2.24, 2.45) is 11.3 Å². The highest BCUT2D eigenvalue weighted by atomic mass is 19.1. The molecule has 3 aliphatic heterocycles. The number of halogens is 1. The topological polar surface area (TPSA) is 47.3 Å². The Morgan fingerprint density at radius 1 is 1.00 bits per heavy atom. The van der Waals surface area contributed by atoms with Gasteiger partial charge in [0, 0.05) is 81.4 Å². The van der Waals surface area contributed by atoms with Crippen LogP contribution in [-0.2, 0) is 4.79 Å². The van der Waals surface area contributed by atoms with E-state index < -0.39 is 12.1 Å². The Kier molecular flexibility index (Phi) is 5.03. The molecule has 4 aliphatic rings. The van der Waals surface area contributed by atoms with E-state index in [1.807, 2.05) is 15.6 Å². The van der Waals surface area contributed by atoms with Crippen molar-refractivity contribution in [2.75, 3.05) is 68.7 Å². The van der Waals surface area contributed by atoms with Crippen LogP contribution in [0.15, 0.2) is 48.8 Å². The van der Waals surface area contributed by atoms with E-state index in [1.165, 1.54) is 37.4 Å². The molecule has 7 nitrogen and oxygen atoms in total. The third-order valence-corrected chi connectivity index (χ3v) is 8.63. The van der Waals surface area contributed by atoms with Gasteiger partial charge in [0.25, 0.3) is 0 Å². The minimum Gasteiger partial charge on any atom is -0.370 e. The molecule has 4 fully saturated rings. The fraction of sp³-hybridized carbons (Fsp3) is 0.500. The summed E-state index contributed by atoms with van der Waals surface area (Å²) in [5, 5.41) is 4.55. The smallest absolute Gasteiger partial charge is 0.228 e. The molecule has 0 unspecified atom stereocenters. The van der Waals surface area contributed by atoms with Gasteiger partial charge in [-0.1, -0.05) is 19.1 Å². The van der Waals surface area contributed by atoms with Gasteiger partial charge in [-0.05, 0) is 42.8 Å². The van der Waals surface area contributed by atoms with Gasteiger partial charge in [0.1, 0.15) is 6.17 Å². The average molecular weight is 489 g/mol. The van der Waals surface area contributed by atoms with Gasteiger partial charge in [-0.25, -0.2) is 8.91 Å². The van der Waals surface area contributed by atoms with Crippen molar-refractivity contribution in [3.05, 3.63) is 48.8 Å². The number of aromatic nitrogens is 2. The normalized spacial score (nSPS) is 25.2. The zero-order chi connectivity index (χ0) is 24.4. The number of likely N-dealkylation sites (tertiary alicyclic amines) is 1. The summed E-state index contributed by atoms with van der Waals surface area (Å²) in [6, 6.07) is 13.2. The van der Waals surface area contributed by atoms with E-state index in [9.17, 15) is 9.18 Å². The highest BCUT2D eigenvalue weighted by Gasteiger charge is 2.51. The molecule has 0 bridgehead atoms. The predicted molar refractivity (Wildman–Crippen MR) is 139 cm³/mol. The molecule has 1 spiro atoms. The second-order valence-corrected chi connectivity index (χ2v) is 11.2. The lowest BCUT2D eigenvalue weighted by molar-refractivity contribution is -0.133. The molecule has 3 aromatic rings. The van der Waals surface area contributed by atoms with E-state index in [-0.39, 0.29) is 5.91 Å². The monoisotopic (exact) mass is 488 g/mol. The Morgan fingerprint density at radius 2 is 1.72 bits per heavy atom. The number of hydrogen-bond donors (Lipinski definition) is 0. The lowest BCUT2D eigenvalue weighted by Crippen LogP contribution is -2.72. The SMILES string of the molecule is CCN1CC2(C1)CN(c1ccc(-c3cc4c(N5CCN(C(=O)[C@H]6C[C@H]6F)CC5)ccnn4c3)cc1)C2. The van der Waals surface area contributed by atoms with Crippen molar-refractivity contribution < 1.29 is 9.18 Å². The largest absolute Gasteiger partial charge is 0.370 e. The standard InChI is InChI=1S/C28H33FN6O/c1-2-31-16-28(17-31)18-34(19-28)22-5-3-20(4-6-22)21-13-26-25(7-8-30-35(26)15-21)32-9-11-33(12-10-32)27(36)23-14-24(23)29/h3-8,13,15,23-24H,2,9-12,14,16-19H2,1H3/t23-,24+/m0/s1. The first kappa shape index (κ1) is 22.1. The number of anilines is 2. The molecule has 1 amide bonds. The lowest BCUT2D eigenvalue weighted by Gasteiger charge is -2.61. The summed E-state index contributed by atoms with van der Waals surface area (Å²) in [6.07, 6.45) is 3.40. The van der Waals surface area contributed by atoms with Gasteiger partial charge >= 0.3 is 0 Å². The van der Waals surface area contributed by atoms with Crippen LogP contribution >= 0.6 is 0 Å². The summed E-state index contributed by atoms with van der Waals surface area (Å²) in [7, 11) is 0. The van der Waals surface area contributed by atoms with Gasteiger partial charge in [0.05, 0.1) is 17.1 Å². The fourth-order valence-corrected chi connectivity index (χ4v) is 6.38. The average Bonchev–Trinajstić information content (AvgIpc) is 3.42. The number of amides is 1. The first-order valence-corrected chi connectivity index (χ1v) is 13.2. The van der Waals surface area contributed by atoms with Crippen LogP contribution in [0.5, 0.6) is 0 Å². The van der Waals surface area contributed by atoms with Gasteiger partial charge < -0.3 is 19.6 Å². The Hall–Kier alpha value is -3.13. The van der Waals surface area contributed by atoms with Gasteiger partial charge in [-0.2, -0.15) is 5.10 Å². The van der Waals surface area contributed by atoms with Crippen LogP contribution in [0, 0.1) is 11.3 Å². The Labute approximate surface area is 211 Å². The predicted octanol–water partition coefficient (Wildman–Crippen LogP) is 3.15. The minimum absolute atomic E-state index is 0.0144. The van der Waals surface area contributed by atoms with E-state index in [0.717, 1.165) is 36.4 Å². The quantitative estimate of drug-likeness (QED) is 0.552. The van der Waals surface area contributed by atoms with Crippen LogP contribution in [0.2, 0.25) is 0 Å². The third-order valence-electron chi connectivity index (χ3n) is 8.63. The summed E-state index contributed by atoms with van der Waals surface area (Å²) in [4.78, 5) is 21.6. The van der Waals surface area contributed by atoms with Crippen molar-refractivity contribution in [3.63, 3.8) is 0 Å². The van der Waals surface area contributed by atoms with E-state index in [1.54, 1.807) is 0 Å². The number of hydrogen-bond acceptors (Lipinski definition) is 5. The van der Waals surface area contributed by atoms with Crippen LogP contribution in [-0.4, -0.2) is 90.4 Å². The Morgan fingerprint density at radius 3 is 2.39 bits per heavy atom. The molecule has 1 saturated carbocycles. The number of alkyl halides is 1. The van der Waals surface area contributed by atoms with Crippen molar-refractivity contribution in [2.45, 2.75) is 19.5 Å². The van der Waals surface area contributed by atoms with E-state index in [2.05, 4.69) is 69.3 Å². The molecular weight excluding hydrogens is 455 g/mol. The molecule has 1 aliphatic carbocycles. The summed E-state index contributed by atoms with van der Waals surface area (Å²) >= 11 is 0. The number of fused-ring (bicyclic) bond motifs is 1. The number of carbonyl (C=O) groups excluding carboxylic acids is 1. The van der Waals surface area contributed by atoms with Gasteiger partial charge in [0.15, 0.2) is 0 Å². The van der Waals surface area contributed by atoms with Gasteiger partial charge in [0.2, 0.25) is 5.91 Å². The number of rotatable bonds is 5. The molecule has 2 atom stereocenters. The fourth-order valence-electron chi connectivity index (χ4n) is 6.38. The minimum atomic E-state index is -0.930. The van der Waals surface area contributed by atoms with Crippen molar-refractivity contribution in [1.29, 1.82) is 0 Å². The molecule has 36 heavy (non-hydrogen) atoms. The van der Waals surface area contributed by atoms with Crippen LogP contribution in [0.25, 0.3) is 16.6 Å². The van der Waals surface area contributed by atoms with Gasteiger partial charge in [-0.3, -0.25) is 4.79 Å². The summed E-state index contributed by atoms with van der Waals surface area (Å²) < 4.78 is 15.3. The molecule has 1 aromatic carbocycles. The molecular formula is C28H33FN6O. The maximum Gasteiger partial charge on any atom is 0.228 e. The molecule has 7 rings (SSSR count). The summed E-state index contributed by atoms with van der Waals surface area (Å²) in [5.74, 6) is -0.407. The molecule has 0 N–H and O–H groups in total. The maximum atomic E-state index is 13.3. The molecule has 5 heterocycles. The number of carbonyl (C=O) groups is 1. The zero-order valence-electron chi connectivity index (χ0n) is 20.8. The van der Waals surface area contributed by atoms with Gasteiger partial charge in [-0.15, -0.1) is 0 Å². The van der Waals surface area contributed by atoms with Crippen molar-refractivity contribution in [3.8, 4) is 11.1 Å². The number of piperazine rings is 1. The zero-order valence-corrected chi connectivity index (χ0v) is 20.8. The highest BCUT2D eigenvalue weighted by Crippen LogP contribution is 2.42. The summed E-state index contributed by atoms with van der Waals surface area (Å²) in [6.45, 7) is 11.0. The van der Waals surface area contributed by atoms with E-state index in [4.69, 9.17) is 0 Å². The summed E-state index contributed by atoms with van der Waals surface area (Å²) in [5.41, 5.74) is 6.37. The van der Waals surface area contributed by atoms with Crippen LogP contribution in [0.1, 0.15) is 13.3 Å². The first-order valence-electron chi connectivity index (χ1n) is 13.2. The molecule has 188 valence electrons. The third kappa shape index (κ3) is 3.65. The van der Waals surface area contributed by atoms with Crippen LogP contribution in [0.4, 0.5) is 15.8 Å². The maximum absolute atomic E-state index is 13.3. The first-order chi connectivity index (χ1) is 17.5. The lowest BCUT2D eigenvalue weighted by atomic mass is 9.72. The molecule has 2 aromatic heterocycles. The van der Waals surface area contributed by atoms with Crippen LogP contribution < -0.4 is 9.80 Å². The highest BCUT2D eigenvalue weighted by molar-refractivity contribution is 5.83. The molecule has 0 radical (unpaired) electrons. The van der Waals surface area contributed by atoms with Crippen LogP contribution in [0.3, 0.4) is 0 Å². The Balaban J connectivity index is 1.04. The Bertz CT molecular complexity index is 1280. The second kappa shape index (κ2) is 8.20. The number of nitrogens with zero attached hydrogens (tertiary/aromatic N) is 6. The van der Waals surface area contributed by atoms with Crippen molar-refractivity contribution >= 4 is 22.8 Å². The van der Waals surface area contributed by atoms with E-state index >= 15 is 0 Å². The molecule has 3 saturated heterocycles. The second-order valence-electron chi connectivity index (χ2n) is 11.2.